The molecule has 1 aromatic heterocycles. The fraction of sp³-hybridized carbons (Fsp3) is 0.167. The van der Waals surface area contributed by atoms with Gasteiger partial charge >= 0.3 is 5.63 Å². The Bertz CT molecular complexity index is 681. The minimum absolute atomic E-state index is 0.0509. The molecule has 0 aliphatic rings. The summed E-state index contributed by atoms with van der Waals surface area (Å²) in [5.41, 5.74) is -0.711. The Morgan fingerprint density at radius 2 is 1.94 bits per heavy atom. The zero-order valence-electron chi connectivity index (χ0n) is 9.27. The van der Waals surface area contributed by atoms with Crippen molar-refractivity contribution in [3.05, 3.63) is 33.7 Å². The predicted octanol–water partition coefficient (Wildman–Crippen LogP) is 1.72. The molecule has 1 heterocycles. The lowest BCUT2D eigenvalue weighted by atomic mass is 10.1. The smallest absolute Gasteiger partial charge is 0.351 e. The number of hydrogen-bond donors (Lipinski definition) is 2. The molecule has 2 N–H and O–H groups in total. The van der Waals surface area contributed by atoms with E-state index in [9.17, 15) is 19.8 Å². The van der Waals surface area contributed by atoms with E-state index in [2.05, 4.69) is 0 Å². The minimum atomic E-state index is -0.910. The molecule has 0 radical (unpaired) electrons. The molecule has 5 heteroatoms. The van der Waals surface area contributed by atoms with E-state index in [1.54, 1.807) is 6.92 Å². The minimum Gasteiger partial charge on any atom is -0.508 e. The molecule has 0 bridgehead atoms. The maximum Gasteiger partial charge on any atom is 0.351 e. The van der Waals surface area contributed by atoms with E-state index >= 15 is 0 Å². The summed E-state index contributed by atoms with van der Waals surface area (Å²) in [6.07, 6.45) is 0. The third-order valence-corrected chi connectivity index (χ3v) is 2.52. The number of benzene rings is 1. The average molecular weight is 234 g/mol. The molecule has 17 heavy (non-hydrogen) atoms. The van der Waals surface area contributed by atoms with Crippen molar-refractivity contribution in [2.75, 3.05) is 0 Å². The number of carbonyl (C=O) groups is 1. The van der Waals surface area contributed by atoms with Gasteiger partial charge in [-0.25, -0.2) is 4.79 Å². The standard InChI is InChI=1S/C12H10O5/c1-5-3-7(14)4-8-9(5)11(15)10(6(2)13)12(16)17-8/h3-4,14-15H,1-2H3. The van der Waals surface area contributed by atoms with E-state index in [-0.39, 0.29) is 22.3 Å². The number of phenols is 1. The summed E-state index contributed by atoms with van der Waals surface area (Å²) < 4.78 is 4.90. The summed E-state index contributed by atoms with van der Waals surface area (Å²) in [6, 6.07) is 2.62. The van der Waals surface area contributed by atoms with Crippen LogP contribution in [0.15, 0.2) is 21.3 Å². The van der Waals surface area contributed by atoms with Gasteiger partial charge in [0, 0.05) is 6.07 Å². The molecule has 0 saturated heterocycles. The number of aromatic hydroxyl groups is 2. The fourth-order valence-electron chi connectivity index (χ4n) is 1.80. The molecule has 0 aliphatic heterocycles. The van der Waals surface area contributed by atoms with Crippen LogP contribution in [0.5, 0.6) is 11.5 Å². The van der Waals surface area contributed by atoms with Crippen LogP contribution in [-0.2, 0) is 0 Å². The summed E-state index contributed by atoms with van der Waals surface area (Å²) in [5, 5.41) is 19.5. The maximum absolute atomic E-state index is 11.5. The van der Waals surface area contributed by atoms with E-state index in [4.69, 9.17) is 4.42 Å². The van der Waals surface area contributed by atoms with Crippen molar-refractivity contribution in [3.8, 4) is 11.5 Å². The van der Waals surface area contributed by atoms with E-state index in [0.29, 0.717) is 5.56 Å². The molecule has 2 rings (SSSR count). The number of ketones is 1. The number of hydrogen-bond acceptors (Lipinski definition) is 5. The largest absolute Gasteiger partial charge is 0.508 e. The van der Waals surface area contributed by atoms with E-state index < -0.39 is 17.2 Å². The summed E-state index contributed by atoms with van der Waals surface area (Å²) in [5.74, 6) is -1.04. The molecular formula is C12H10O5. The first-order chi connectivity index (χ1) is 7.91. The number of rotatable bonds is 1. The lowest BCUT2D eigenvalue weighted by Crippen LogP contribution is -2.12. The molecule has 5 nitrogen and oxygen atoms in total. The first kappa shape index (κ1) is 11.2. The van der Waals surface area contributed by atoms with Gasteiger partial charge in [-0.1, -0.05) is 0 Å². The second-order valence-corrected chi connectivity index (χ2v) is 3.81. The van der Waals surface area contributed by atoms with Crippen LogP contribution in [0.25, 0.3) is 11.0 Å². The molecule has 0 saturated carbocycles. The van der Waals surface area contributed by atoms with E-state index in [1.807, 2.05) is 0 Å². The zero-order valence-corrected chi connectivity index (χ0v) is 9.27. The van der Waals surface area contributed by atoms with Gasteiger partial charge in [0.05, 0.1) is 5.39 Å². The van der Waals surface area contributed by atoms with Crippen LogP contribution < -0.4 is 5.63 Å². The van der Waals surface area contributed by atoms with Gasteiger partial charge < -0.3 is 14.6 Å². The average Bonchev–Trinajstić information content (AvgIpc) is 2.13. The van der Waals surface area contributed by atoms with Crippen molar-refractivity contribution >= 4 is 16.8 Å². The normalized spacial score (nSPS) is 10.7. The number of phenolic OH excluding ortho intramolecular Hbond substituents is 1. The lowest BCUT2D eigenvalue weighted by molar-refractivity contribution is 0.101. The highest BCUT2D eigenvalue weighted by Crippen LogP contribution is 2.32. The van der Waals surface area contributed by atoms with Crippen LogP contribution in [0.4, 0.5) is 0 Å². The van der Waals surface area contributed by atoms with Crippen molar-refractivity contribution in [3.63, 3.8) is 0 Å². The molecule has 2 aromatic rings. The molecule has 88 valence electrons. The molecule has 1 aromatic carbocycles. The third-order valence-electron chi connectivity index (χ3n) is 2.52. The molecular weight excluding hydrogens is 224 g/mol. The Balaban J connectivity index is 3.03. The number of Topliss-reactive ketones (excluding diaryl/α,β-unsaturated/α-hetero) is 1. The summed E-state index contributed by atoms with van der Waals surface area (Å²) in [4.78, 5) is 22.7. The van der Waals surface area contributed by atoms with Crippen LogP contribution >= 0.6 is 0 Å². The fourth-order valence-corrected chi connectivity index (χ4v) is 1.80. The molecule has 0 spiro atoms. The Morgan fingerprint density at radius 3 is 2.53 bits per heavy atom. The monoisotopic (exact) mass is 234 g/mol. The second-order valence-electron chi connectivity index (χ2n) is 3.81. The maximum atomic E-state index is 11.5. The van der Waals surface area contributed by atoms with Gasteiger partial charge in [-0.05, 0) is 25.5 Å². The van der Waals surface area contributed by atoms with Crippen LogP contribution in [-0.4, -0.2) is 16.0 Å². The summed E-state index contributed by atoms with van der Waals surface area (Å²) in [7, 11) is 0. The zero-order chi connectivity index (χ0) is 12.7. The van der Waals surface area contributed by atoms with Crippen molar-refractivity contribution in [1.82, 2.24) is 0 Å². The van der Waals surface area contributed by atoms with Gasteiger partial charge in [-0.2, -0.15) is 0 Å². The van der Waals surface area contributed by atoms with E-state index in [0.717, 1.165) is 0 Å². The Kier molecular flexibility index (Phi) is 2.38. The van der Waals surface area contributed by atoms with Crippen molar-refractivity contribution < 1.29 is 19.4 Å². The summed E-state index contributed by atoms with van der Waals surface area (Å²) in [6.45, 7) is 2.80. The molecule has 0 unspecified atom stereocenters. The summed E-state index contributed by atoms with van der Waals surface area (Å²) >= 11 is 0. The lowest BCUT2D eigenvalue weighted by Gasteiger charge is -2.06. The SMILES string of the molecule is CC(=O)c1c(O)c2c(C)cc(O)cc2oc1=O. The molecule has 0 aliphatic carbocycles. The van der Waals surface area contributed by atoms with Gasteiger partial charge in [-0.15, -0.1) is 0 Å². The molecule has 0 fully saturated rings. The predicted molar refractivity (Wildman–Crippen MR) is 60.6 cm³/mol. The van der Waals surface area contributed by atoms with Crippen molar-refractivity contribution in [2.45, 2.75) is 13.8 Å². The van der Waals surface area contributed by atoms with Crippen LogP contribution in [0.3, 0.4) is 0 Å². The first-order valence-electron chi connectivity index (χ1n) is 4.92. The van der Waals surface area contributed by atoms with Gasteiger partial charge in [0.15, 0.2) is 5.78 Å². The Labute approximate surface area is 95.9 Å². The molecule has 0 amide bonds. The van der Waals surface area contributed by atoms with Crippen LogP contribution in [0.2, 0.25) is 0 Å². The van der Waals surface area contributed by atoms with Crippen LogP contribution in [0, 0.1) is 6.92 Å². The highest BCUT2D eigenvalue weighted by molar-refractivity contribution is 6.02. The van der Waals surface area contributed by atoms with Crippen molar-refractivity contribution in [1.29, 1.82) is 0 Å². The number of aryl methyl sites for hydroxylation is 1. The highest BCUT2D eigenvalue weighted by Gasteiger charge is 2.19. The topological polar surface area (TPSA) is 87.7 Å². The third kappa shape index (κ3) is 1.65. The van der Waals surface area contributed by atoms with Gasteiger partial charge in [0.25, 0.3) is 0 Å². The molecule has 0 atom stereocenters. The van der Waals surface area contributed by atoms with Gasteiger partial charge in [0.1, 0.15) is 22.6 Å². The Morgan fingerprint density at radius 1 is 1.29 bits per heavy atom. The first-order valence-corrected chi connectivity index (χ1v) is 4.92. The second kappa shape index (κ2) is 3.62. The Hall–Kier alpha value is -2.30. The quantitative estimate of drug-likeness (QED) is 0.579. The van der Waals surface area contributed by atoms with Gasteiger partial charge in [0.2, 0.25) is 0 Å². The van der Waals surface area contributed by atoms with Crippen molar-refractivity contribution in [2.24, 2.45) is 0 Å². The van der Waals surface area contributed by atoms with Crippen LogP contribution in [0.1, 0.15) is 22.8 Å². The number of carbonyl (C=O) groups excluding carboxylic acids is 1. The highest BCUT2D eigenvalue weighted by atomic mass is 16.4. The van der Waals surface area contributed by atoms with E-state index in [1.165, 1.54) is 19.1 Å². The van der Waals surface area contributed by atoms with Gasteiger partial charge in [-0.3, -0.25) is 4.79 Å². The number of fused-ring (bicyclic) bond motifs is 1.